The Morgan fingerprint density at radius 2 is 1.35 bits per heavy atom. The van der Waals surface area contributed by atoms with E-state index in [-0.39, 0.29) is 29.2 Å². The molecule has 1 aliphatic carbocycles. The van der Waals surface area contributed by atoms with E-state index < -0.39 is 20.7 Å². The van der Waals surface area contributed by atoms with Gasteiger partial charge in [-0.05, 0) is 18.4 Å². The van der Waals surface area contributed by atoms with E-state index in [1.54, 1.807) is 18.2 Å². The molecule has 0 amide bonds. The number of hydrogen-bond acceptors (Lipinski definition) is 5. The fraction of sp³-hybridized carbons (Fsp3) is 0.333. The highest BCUT2D eigenvalue weighted by Gasteiger charge is 2.42. The fourth-order valence-corrected chi connectivity index (χ4v) is 5.68. The number of allylic oxidation sites excluding steroid dienone is 2. The number of Topliss-reactive ketones (excluding diaryl/α,β-unsaturated/α-hetero) is 2. The van der Waals surface area contributed by atoms with Gasteiger partial charge in [0, 0.05) is 37.8 Å². The molecule has 2 aromatic rings. The van der Waals surface area contributed by atoms with Crippen LogP contribution in [0, 0.1) is 0 Å². The maximum absolute atomic E-state index is 13.7. The van der Waals surface area contributed by atoms with E-state index in [0.717, 1.165) is 35.6 Å². The summed E-state index contributed by atoms with van der Waals surface area (Å²) in [5, 5.41) is 0. The van der Waals surface area contributed by atoms with Gasteiger partial charge in [0.05, 0.1) is 0 Å². The molecule has 1 heterocycles. The molecule has 6 nitrogen and oxygen atoms in total. The van der Waals surface area contributed by atoms with Gasteiger partial charge in [0.25, 0.3) is 0 Å². The quantitative estimate of drug-likeness (QED) is 0.713. The lowest BCUT2D eigenvalue weighted by Crippen LogP contribution is -2.40. The van der Waals surface area contributed by atoms with Crippen LogP contribution in [0.25, 0.3) is 0 Å². The Hall–Kier alpha value is -2.77. The number of sulfonamides is 1. The SMILES string of the molecule is CN(Cc1ccccc1)S(=O)(=O)C1=C(N2CCCCCC2)C(=O)c2ccccc2C1=O. The number of carbonyl (C=O) groups excluding carboxylic acids is 2. The molecule has 162 valence electrons. The Labute approximate surface area is 183 Å². The summed E-state index contributed by atoms with van der Waals surface area (Å²) in [5.74, 6) is -0.988. The van der Waals surface area contributed by atoms with Gasteiger partial charge in [-0.3, -0.25) is 9.59 Å². The molecule has 2 aromatic carbocycles. The Morgan fingerprint density at radius 1 is 0.806 bits per heavy atom. The number of ketones is 2. The minimum absolute atomic E-state index is 0.0329. The van der Waals surface area contributed by atoms with Crippen molar-refractivity contribution in [2.24, 2.45) is 0 Å². The maximum Gasteiger partial charge on any atom is 0.249 e. The molecule has 0 atom stereocenters. The molecule has 1 aliphatic heterocycles. The number of benzene rings is 2. The first kappa shape index (κ1) is 21.5. The van der Waals surface area contributed by atoms with Crippen LogP contribution in [0.2, 0.25) is 0 Å². The van der Waals surface area contributed by atoms with Gasteiger partial charge in [0.15, 0.2) is 4.91 Å². The van der Waals surface area contributed by atoms with Crippen LogP contribution in [0.3, 0.4) is 0 Å². The molecule has 7 heteroatoms. The molecule has 0 saturated carbocycles. The van der Waals surface area contributed by atoms with Crippen LogP contribution in [0.15, 0.2) is 65.2 Å². The number of fused-ring (bicyclic) bond motifs is 1. The van der Waals surface area contributed by atoms with E-state index in [9.17, 15) is 18.0 Å². The Morgan fingerprint density at radius 3 is 1.97 bits per heavy atom. The number of carbonyl (C=O) groups is 2. The summed E-state index contributed by atoms with van der Waals surface area (Å²) >= 11 is 0. The smallest absolute Gasteiger partial charge is 0.249 e. The highest BCUT2D eigenvalue weighted by Crippen LogP contribution is 2.34. The fourth-order valence-electron chi connectivity index (χ4n) is 4.24. The average Bonchev–Trinajstić information content (AvgIpc) is 3.06. The monoisotopic (exact) mass is 438 g/mol. The highest BCUT2D eigenvalue weighted by atomic mass is 32.2. The normalized spacial score (nSPS) is 17.7. The third kappa shape index (κ3) is 4.07. The van der Waals surface area contributed by atoms with Crippen LogP contribution >= 0.6 is 0 Å². The average molecular weight is 439 g/mol. The summed E-state index contributed by atoms with van der Waals surface area (Å²) in [6.07, 6.45) is 3.77. The van der Waals surface area contributed by atoms with E-state index >= 15 is 0 Å². The van der Waals surface area contributed by atoms with Crippen molar-refractivity contribution in [2.75, 3.05) is 20.1 Å². The highest BCUT2D eigenvalue weighted by molar-refractivity contribution is 7.94. The van der Waals surface area contributed by atoms with Gasteiger partial charge in [-0.1, -0.05) is 67.4 Å². The predicted octanol–water partition coefficient (Wildman–Crippen LogP) is 3.62. The third-order valence-electron chi connectivity index (χ3n) is 5.89. The molecule has 0 unspecified atom stereocenters. The predicted molar refractivity (Wildman–Crippen MR) is 119 cm³/mol. The Bertz CT molecular complexity index is 1130. The lowest BCUT2D eigenvalue weighted by atomic mass is 9.91. The van der Waals surface area contributed by atoms with Gasteiger partial charge in [-0.25, -0.2) is 8.42 Å². The first-order chi connectivity index (χ1) is 14.9. The van der Waals surface area contributed by atoms with Crippen LogP contribution in [-0.4, -0.2) is 49.3 Å². The topological polar surface area (TPSA) is 74.8 Å². The van der Waals surface area contributed by atoms with Crippen molar-refractivity contribution >= 4 is 21.6 Å². The van der Waals surface area contributed by atoms with Crippen molar-refractivity contribution < 1.29 is 18.0 Å². The zero-order valence-electron chi connectivity index (χ0n) is 17.6. The Balaban J connectivity index is 1.83. The van der Waals surface area contributed by atoms with Gasteiger partial charge in [0.2, 0.25) is 21.6 Å². The van der Waals surface area contributed by atoms with Crippen LogP contribution in [0.5, 0.6) is 0 Å². The number of hydrogen-bond donors (Lipinski definition) is 0. The van der Waals surface area contributed by atoms with Crippen molar-refractivity contribution in [3.63, 3.8) is 0 Å². The van der Waals surface area contributed by atoms with E-state index in [4.69, 9.17) is 0 Å². The molecular weight excluding hydrogens is 412 g/mol. The standard InChI is InChI=1S/C24H26N2O4S/c1-25(17-18-11-5-4-6-12-18)31(29,30)24-21(26-15-9-2-3-10-16-26)22(27)19-13-7-8-14-20(19)23(24)28/h4-8,11-14H,2-3,9-10,15-17H2,1H3. The molecule has 0 bridgehead atoms. The first-order valence-corrected chi connectivity index (χ1v) is 12.0. The molecular formula is C24H26N2O4S. The molecule has 0 aromatic heterocycles. The minimum Gasteiger partial charge on any atom is -0.367 e. The number of likely N-dealkylation sites (tertiary alicyclic amines) is 1. The molecule has 1 fully saturated rings. The van der Waals surface area contributed by atoms with Crippen molar-refractivity contribution in [3.8, 4) is 0 Å². The second-order valence-corrected chi connectivity index (χ2v) is 10.0. The van der Waals surface area contributed by atoms with Crippen LogP contribution in [0.4, 0.5) is 0 Å². The summed E-state index contributed by atoms with van der Waals surface area (Å²) < 4.78 is 28.5. The van der Waals surface area contributed by atoms with Crippen molar-refractivity contribution in [3.05, 3.63) is 81.9 Å². The minimum atomic E-state index is -4.19. The molecule has 31 heavy (non-hydrogen) atoms. The third-order valence-corrected chi connectivity index (χ3v) is 7.74. The summed E-state index contributed by atoms with van der Waals surface area (Å²) in [4.78, 5) is 28.4. The lowest BCUT2D eigenvalue weighted by molar-refractivity contribution is 0.0946. The zero-order valence-corrected chi connectivity index (χ0v) is 18.4. The van der Waals surface area contributed by atoms with E-state index in [1.807, 2.05) is 35.2 Å². The number of rotatable bonds is 5. The number of nitrogens with zero attached hydrogens (tertiary/aromatic N) is 2. The van der Waals surface area contributed by atoms with Crippen LogP contribution < -0.4 is 0 Å². The maximum atomic E-state index is 13.7. The molecule has 2 aliphatic rings. The molecule has 0 spiro atoms. The first-order valence-electron chi connectivity index (χ1n) is 10.6. The van der Waals surface area contributed by atoms with Gasteiger partial charge < -0.3 is 4.90 Å². The lowest BCUT2D eigenvalue weighted by Gasteiger charge is -2.31. The summed E-state index contributed by atoms with van der Waals surface area (Å²) in [6.45, 7) is 1.25. The van der Waals surface area contributed by atoms with E-state index in [1.165, 1.54) is 13.1 Å². The second-order valence-electron chi connectivity index (χ2n) is 8.03. The van der Waals surface area contributed by atoms with Gasteiger partial charge in [-0.2, -0.15) is 4.31 Å². The largest absolute Gasteiger partial charge is 0.367 e. The van der Waals surface area contributed by atoms with E-state index in [2.05, 4.69) is 0 Å². The molecule has 1 saturated heterocycles. The summed E-state index contributed by atoms with van der Waals surface area (Å²) in [5.41, 5.74) is 1.26. The molecule has 0 radical (unpaired) electrons. The van der Waals surface area contributed by atoms with Crippen molar-refractivity contribution in [2.45, 2.75) is 32.2 Å². The van der Waals surface area contributed by atoms with Crippen molar-refractivity contribution in [1.82, 2.24) is 9.21 Å². The van der Waals surface area contributed by atoms with Crippen LogP contribution in [0.1, 0.15) is 52.0 Å². The molecule has 4 rings (SSSR count). The molecule has 0 N–H and O–H groups in total. The van der Waals surface area contributed by atoms with Crippen LogP contribution in [-0.2, 0) is 16.6 Å². The summed E-state index contributed by atoms with van der Waals surface area (Å²) in [7, 11) is -2.74. The van der Waals surface area contributed by atoms with Crippen molar-refractivity contribution in [1.29, 1.82) is 0 Å². The van der Waals surface area contributed by atoms with E-state index in [0.29, 0.717) is 13.1 Å². The summed E-state index contributed by atoms with van der Waals surface area (Å²) in [6, 6.07) is 15.7. The van der Waals surface area contributed by atoms with Gasteiger partial charge >= 0.3 is 0 Å². The zero-order chi connectivity index (χ0) is 22.0. The van der Waals surface area contributed by atoms with Gasteiger partial charge in [0.1, 0.15) is 5.70 Å². The Kier molecular flexibility index (Phi) is 6.07. The van der Waals surface area contributed by atoms with Gasteiger partial charge in [-0.15, -0.1) is 0 Å². The second kappa shape index (κ2) is 8.77.